The van der Waals surface area contributed by atoms with E-state index in [1.807, 2.05) is 41.3 Å². The maximum atomic E-state index is 12.6. The molecule has 3 aromatic rings. The van der Waals surface area contributed by atoms with Gasteiger partial charge < -0.3 is 9.64 Å². The number of benzene rings is 2. The maximum Gasteiger partial charge on any atom is 0.251 e. The third kappa shape index (κ3) is 3.93. The van der Waals surface area contributed by atoms with Crippen molar-refractivity contribution in [2.75, 3.05) is 32.8 Å². The van der Waals surface area contributed by atoms with Crippen LogP contribution in [0, 0.1) is 0 Å². The van der Waals surface area contributed by atoms with E-state index < -0.39 is 0 Å². The molecule has 0 saturated carbocycles. The van der Waals surface area contributed by atoms with E-state index in [2.05, 4.69) is 23.1 Å². The van der Waals surface area contributed by atoms with Crippen LogP contribution in [0.25, 0.3) is 22.2 Å². The van der Waals surface area contributed by atoms with Crippen molar-refractivity contribution < 1.29 is 9.53 Å². The lowest BCUT2D eigenvalue weighted by Crippen LogP contribution is -2.51. The Bertz CT molecular complexity index is 1030. The number of hydrogen-bond donors (Lipinski definition) is 0. The molecule has 0 radical (unpaired) electrons. The molecule has 2 fully saturated rings. The van der Waals surface area contributed by atoms with Gasteiger partial charge in [-0.3, -0.25) is 9.69 Å². The third-order valence-electron chi connectivity index (χ3n) is 5.95. The van der Waals surface area contributed by atoms with Crippen LogP contribution < -0.4 is 0 Å². The van der Waals surface area contributed by atoms with Crippen molar-refractivity contribution in [2.45, 2.75) is 25.5 Å². The molecule has 0 N–H and O–H groups in total. The molecule has 6 heteroatoms. The Hall–Kier alpha value is -2.83. The van der Waals surface area contributed by atoms with Crippen molar-refractivity contribution in [2.24, 2.45) is 0 Å². The summed E-state index contributed by atoms with van der Waals surface area (Å²) < 4.78 is 5.56. The van der Waals surface area contributed by atoms with E-state index in [9.17, 15) is 4.79 Å². The van der Waals surface area contributed by atoms with Gasteiger partial charge in [-0.1, -0.05) is 48.5 Å². The van der Waals surface area contributed by atoms with E-state index in [-0.39, 0.29) is 12.0 Å². The summed E-state index contributed by atoms with van der Waals surface area (Å²) in [5.74, 6) is 0.979. The fraction of sp³-hybridized carbons (Fsp3) is 0.375. The molecule has 1 atom stereocenters. The molecule has 0 bridgehead atoms. The number of piperazine rings is 1. The summed E-state index contributed by atoms with van der Waals surface area (Å²) in [6, 6.07) is 18.5. The van der Waals surface area contributed by atoms with Crippen LogP contribution >= 0.6 is 0 Å². The van der Waals surface area contributed by atoms with Crippen molar-refractivity contribution in [1.82, 2.24) is 19.8 Å². The highest BCUT2D eigenvalue weighted by Gasteiger charge is 2.30. The fourth-order valence-electron chi connectivity index (χ4n) is 4.31. The monoisotopic (exact) mass is 402 g/mol. The first-order chi connectivity index (χ1) is 14.8. The first kappa shape index (κ1) is 19.2. The molecule has 2 aliphatic heterocycles. The Morgan fingerprint density at radius 2 is 1.73 bits per heavy atom. The highest BCUT2D eigenvalue weighted by atomic mass is 16.5. The lowest BCUT2D eigenvalue weighted by atomic mass is 10.1. The number of ether oxygens (including phenoxy) is 1. The summed E-state index contributed by atoms with van der Waals surface area (Å²) in [5.41, 5.74) is 3.04. The van der Waals surface area contributed by atoms with Crippen LogP contribution in [-0.4, -0.2) is 64.6 Å². The minimum absolute atomic E-state index is 0.153. The summed E-state index contributed by atoms with van der Waals surface area (Å²) in [6.07, 6.45) is 1.61. The van der Waals surface area contributed by atoms with E-state index in [0.717, 1.165) is 67.0 Å². The summed E-state index contributed by atoms with van der Waals surface area (Å²) in [6.45, 7) is 4.52. The second-order valence-corrected chi connectivity index (χ2v) is 7.97. The second kappa shape index (κ2) is 8.50. The number of nitrogens with zero attached hydrogens (tertiary/aromatic N) is 4. The molecule has 1 aromatic heterocycles. The molecule has 154 valence electrons. The van der Waals surface area contributed by atoms with E-state index >= 15 is 0 Å². The Morgan fingerprint density at radius 1 is 0.967 bits per heavy atom. The van der Waals surface area contributed by atoms with E-state index in [0.29, 0.717) is 13.2 Å². The van der Waals surface area contributed by atoms with Crippen molar-refractivity contribution in [3.05, 3.63) is 60.4 Å². The molecule has 3 heterocycles. The Labute approximate surface area is 176 Å². The molecule has 5 rings (SSSR count). The lowest BCUT2D eigenvalue weighted by molar-refractivity contribution is -0.142. The topological polar surface area (TPSA) is 58.6 Å². The molecule has 6 nitrogen and oxygen atoms in total. The number of hydrogen-bond acceptors (Lipinski definition) is 5. The van der Waals surface area contributed by atoms with Crippen molar-refractivity contribution in [3.63, 3.8) is 0 Å². The van der Waals surface area contributed by atoms with Crippen LogP contribution in [-0.2, 0) is 16.1 Å². The van der Waals surface area contributed by atoms with Gasteiger partial charge in [0.1, 0.15) is 11.9 Å². The van der Waals surface area contributed by atoms with Crippen LogP contribution in [0.3, 0.4) is 0 Å². The smallest absolute Gasteiger partial charge is 0.251 e. The first-order valence-corrected chi connectivity index (χ1v) is 10.7. The molecule has 30 heavy (non-hydrogen) atoms. The van der Waals surface area contributed by atoms with Gasteiger partial charge in [-0.15, -0.1) is 0 Å². The first-order valence-electron chi connectivity index (χ1n) is 10.7. The van der Waals surface area contributed by atoms with Crippen molar-refractivity contribution >= 4 is 16.8 Å². The predicted molar refractivity (Wildman–Crippen MR) is 116 cm³/mol. The van der Waals surface area contributed by atoms with Gasteiger partial charge in [0.2, 0.25) is 0 Å². The highest BCUT2D eigenvalue weighted by Crippen LogP contribution is 2.26. The van der Waals surface area contributed by atoms with Crippen molar-refractivity contribution in [3.8, 4) is 11.3 Å². The van der Waals surface area contributed by atoms with Crippen LogP contribution in [0.4, 0.5) is 0 Å². The molecule has 1 amide bonds. The molecule has 0 spiro atoms. The molecule has 2 saturated heterocycles. The van der Waals surface area contributed by atoms with E-state index in [1.165, 1.54) is 0 Å². The number of amides is 1. The quantitative estimate of drug-likeness (QED) is 0.671. The maximum absolute atomic E-state index is 12.6. The summed E-state index contributed by atoms with van der Waals surface area (Å²) in [5, 5.41) is 1.07. The minimum atomic E-state index is -0.228. The van der Waals surface area contributed by atoms with Crippen LogP contribution in [0.2, 0.25) is 0 Å². The lowest BCUT2D eigenvalue weighted by Gasteiger charge is -2.35. The zero-order chi connectivity index (χ0) is 20.3. The molecular weight excluding hydrogens is 376 g/mol. The molecule has 2 aliphatic rings. The van der Waals surface area contributed by atoms with E-state index in [1.54, 1.807) is 0 Å². The average Bonchev–Trinajstić information content (AvgIpc) is 3.34. The minimum Gasteiger partial charge on any atom is -0.368 e. The molecular formula is C24H26N4O2. The SMILES string of the molecule is O=C([C@@H]1CCCO1)N1CCN(Cc2nc(-c3ccccc3)c3ccccc3n2)CC1. The van der Waals surface area contributed by atoms with Gasteiger partial charge in [-0.05, 0) is 18.9 Å². The molecule has 2 aromatic carbocycles. The summed E-state index contributed by atoms with van der Waals surface area (Å²) in [4.78, 5) is 26.6. The standard InChI is InChI=1S/C24H26N4O2/c29-24(21-11-6-16-30-21)28-14-12-27(13-15-28)17-22-25-20-10-5-4-9-19(20)23(26-22)18-7-2-1-3-8-18/h1-5,7-10,21H,6,11-17H2/t21-/m0/s1. The number of aromatic nitrogens is 2. The third-order valence-corrected chi connectivity index (χ3v) is 5.95. The summed E-state index contributed by atoms with van der Waals surface area (Å²) in [7, 11) is 0. The fourth-order valence-corrected chi connectivity index (χ4v) is 4.31. The highest BCUT2D eigenvalue weighted by molar-refractivity contribution is 5.92. The Balaban J connectivity index is 1.32. The van der Waals surface area contributed by atoms with Gasteiger partial charge in [-0.25, -0.2) is 9.97 Å². The van der Waals surface area contributed by atoms with Gasteiger partial charge in [0, 0.05) is 43.7 Å². The van der Waals surface area contributed by atoms with Gasteiger partial charge in [-0.2, -0.15) is 0 Å². The molecule has 0 aliphatic carbocycles. The second-order valence-electron chi connectivity index (χ2n) is 7.97. The Kier molecular flexibility index (Phi) is 5.43. The normalized spacial score (nSPS) is 20.0. The number of para-hydroxylation sites is 1. The zero-order valence-electron chi connectivity index (χ0n) is 17.0. The zero-order valence-corrected chi connectivity index (χ0v) is 17.0. The molecule has 0 unspecified atom stereocenters. The van der Waals surface area contributed by atoms with Crippen LogP contribution in [0.15, 0.2) is 54.6 Å². The predicted octanol–water partition coefficient (Wildman–Crippen LogP) is 3.12. The summed E-state index contributed by atoms with van der Waals surface area (Å²) >= 11 is 0. The van der Waals surface area contributed by atoms with Gasteiger partial charge >= 0.3 is 0 Å². The van der Waals surface area contributed by atoms with E-state index in [4.69, 9.17) is 14.7 Å². The Morgan fingerprint density at radius 3 is 2.50 bits per heavy atom. The van der Waals surface area contributed by atoms with Gasteiger partial charge in [0.05, 0.1) is 17.8 Å². The van der Waals surface area contributed by atoms with Crippen molar-refractivity contribution in [1.29, 1.82) is 0 Å². The van der Waals surface area contributed by atoms with Crippen LogP contribution in [0.5, 0.6) is 0 Å². The van der Waals surface area contributed by atoms with Crippen LogP contribution in [0.1, 0.15) is 18.7 Å². The number of rotatable bonds is 4. The number of carbonyl (C=O) groups excluding carboxylic acids is 1. The largest absolute Gasteiger partial charge is 0.368 e. The average molecular weight is 402 g/mol. The van der Waals surface area contributed by atoms with Gasteiger partial charge in [0.15, 0.2) is 0 Å². The number of carbonyl (C=O) groups is 1. The van der Waals surface area contributed by atoms with Gasteiger partial charge in [0.25, 0.3) is 5.91 Å². The number of fused-ring (bicyclic) bond motifs is 1.